The second-order valence-electron chi connectivity index (χ2n) is 9.42. The molecule has 1 aliphatic heterocycles. The lowest BCUT2D eigenvalue weighted by molar-refractivity contribution is -0.132. The van der Waals surface area contributed by atoms with Gasteiger partial charge in [0.05, 0.1) is 12.1 Å². The van der Waals surface area contributed by atoms with Crippen LogP contribution in [0.2, 0.25) is 0 Å². The normalized spacial score (nSPS) is 15.2. The van der Waals surface area contributed by atoms with Crippen LogP contribution in [0.5, 0.6) is 0 Å². The van der Waals surface area contributed by atoms with E-state index in [1.165, 1.54) is 0 Å². The number of nitrogens with zero attached hydrogens (tertiary/aromatic N) is 3. The Bertz CT molecular complexity index is 1050. The van der Waals surface area contributed by atoms with Crippen molar-refractivity contribution in [2.24, 2.45) is 11.1 Å². The minimum Gasteiger partial charge on any atom is -0.368 e. The second-order valence-corrected chi connectivity index (χ2v) is 9.42. The molecule has 1 aromatic carbocycles. The molecule has 1 fully saturated rings. The van der Waals surface area contributed by atoms with Gasteiger partial charge in [-0.15, -0.1) is 0 Å². The second kappa shape index (κ2) is 10.0. The van der Waals surface area contributed by atoms with Gasteiger partial charge in [0, 0.05) is 18.5 Å². The smallest absolute Gasteiger partial charge is 0.273 e. The van der Waals surface area contributed by atoms with Crippen molar-refractivity contribution in [3.05, 3.63) is 30.0 Å². The zero-order chi connectivity index (χ0) is 24.2. The number of carbonyl (C=O) groups is 4. The van der Waals surface area contributed by atoms with E-state index in [9.17, 15) is 19.2 Å². The molecule has 4 N–H and O–H groups in total. The van der Waals surface area contributed by atoms with Crippen molar-refractivity contribution in [3.8, 4) is 0 Å². The average Bonchev–Trinajstić information content (AvgIpc) is 3.14. The van der Waals surface area contributed by atoms with Crippen molar-refractivity contribution in [2.45, 2.75) is 52.6 Å². The third-order valence-electron chi connectivity index (χ3n) is 5.71. The summed E-state index contributed by atoms with van der Waals surface area (Å²) in [6.45, 7) is 6.59. The third-order valence-corrected chi connectivity index (χ3v) is 5.71. The van der Waals surface area contributed by atoms with Gasteiger partial charge < -0.3 is 21.3 Å². The molecule has 0 spiro atoms. The van der Waals surface area contributed by atoms with Gasteiger partial charge in [-0.25, -0.2) is 0 Å². The fourth-order valence-corrected chi connectivity index (χ4v) is 3.94. The Hall–Kier alpha value is -3.43. The number of likely N-dealkylation sites (tertiary alicyclic amines) is 1. The highest BCUT2D eigenvalue weighted by atomic mass is 16.2. The number of nitrogens with two attached hydrogens (primary N) is 1. The van der Waals surface area contributed by atoms with Crippen LogP contribution < -0.4 is 16.4 Å². The lowest BCUT2D eigenvalue weighted by Gasteiger charge is -2.30. The Labute approximate surface area is 192 Å². The number of hydrogen-bond acceptors (Lipinski definition) is 5. The van der Waals surface area contributed by atoms with Crippen molar-refractivity contribution >= 4 is 34.5 Å². The fourth-order valence-electron chi connectivity index (χ4n) is 3.94. The number of aromatic nitrogens is 2. The van der Waals surface area contributed by atoms with Crippen LogP contribution in [0.3, 0.4) is 0 Å². The molecule has 0 radical (unpaired) electrons. The Morgan fingerprint density at radius 3 is 2.39 bits per heavy atom. The Kier molecular flexibility index (Phi) is 7.35. The molecule has 178 valence electrons. The highest BCUT2D eigenvalue weighted by molar-refractivity contribution is 6.06. The largest absolute Gasteiger partial charge is 0.368 e. The van der Waals surface area contributed by atoms with E-state index in [0.29, 0.717) is 10.9 Å². The predicted octanol–water partition coefficient (Wildman–Crippen LogP) is 0.795. The minimum absolute atomic E-state index is 0.0340. The standard InChI is InChI=1S/C23H32N6O4/c1-23(2,3)20(22(33)25-13-17(24)30)26-21(32)19-15-9-5-6-10-16(15)29(27-19)14-18(31)28-11-7-4-8-12-28/h5-6,9-10,20H,4,7-8,11-14H2,1-3H3,(H2,24,30)(H,25,33)(H,26,32)/t20-/m1/s1. The summed E-state index contributed by atoms with van der Waals surface area (Å²) >= 11 is 0. The highest BCUT2D eigenvalue weighted by Gasteiger charge is 2.34. The first-order chi connectivity index (χ1) is 15.6. The number of fused-ring (bicyclic) bond motifs is 1. The summed E-state index contributed by atoms with van der Waals surface area (Å²) in [6.07, 6.45) is 3.11. The van der Waals surface area contributed by atoms with Gasteiger partial charge in [0.15, 0.2) is 5.69 Å². The Morgan fingerprint density at radius 1 is 1.09 bits per heavy atom. The van der Waals surface area contributed by atoms with Crippen LogP contribution in [0.1, 0.15) is 50.5 Å². The first-order valence-electron chi connectivity index (χ1n) is 11.2. The van der Waals surface area contributed by atoms with E-state index in [4.69, 9.17) is 5.73 Å². The Balaban J connectivity index is 1.84. The van der Waals surface area contributed by atoms with Crippen LogP contribution in [0, 0.1) is 5.41 Å². The van der Waals surface area contributed by atoms with E-state index >= 15 is 0 Å². The van der Waals surface area contributed by atoms with E-state index < -0.39 is 29.2 Å². The van der Waals surface area contributed by atoms with Crippen LogP contribution in [0.15, 0.2) is 24.3 Å². The van der Waals surface area contributed by atoms with Crippen LogP contribution >= 0.6 is 0 Å². The SMILES string of the molecule is CC(C)(C)[C@H](NC(=O)c1nn(CC(=O)N2CCCCC2)c2ccccc12)C(=O)NCC(N)=O. The summed E-state index contributed by atoms with van der Waals surface area (Å²) in [4.78, 5) is 51.5. The highest BCUT2D eigenvalue weighted by Crippen LogP contribution is 2.23. The molecule has 1 aliphatic rings. The van der Waals surface area contributed by atoms with Crippen LogP contribution in [0.25, 0.3) is 10.9 Å². The number of piperidine rings is 1. The molecule has 10 nitrogen and oxygen atoms in total. The maximum Gasteiger partial charge on any atom is 0.273 e. The molecule has 4 amide bonds. The molecule has 10 heteroatoms. The lowest BCUT2D eigenvalue weighted by Crippen LogP contribution is -2.54. The van der Waals surface area contributed by atoms with Crippen molar-refractivity contribution in [2.75, 3.05) is 19.6 Å². The van der Waals surface area contributed by atoms with Gasteiger partial charge in [-0.2, -0.15) is 5.10 Å². The summed E-state index contributed by atoms with van der Waals surface area (Å²) in [5.41, 5.74) is 5.28. The Morgan fingerprint density at radius 2 is 1.76 bits per heavy atom. The molecular formula is C23H32N6O4. The van der Waals surface area contributed by atoms with E-state index in [0.717, 1.165) is 32.4 Å². The first kappa shape index (κ1) is 24.2. The van der Waals surface area contributed by atoms with Gasteiger partial charge >= 0.3 is 0 Å². The summed E-state index contributed by atoms with van der Waals surface area (Å²) < 4.78 is 1.54. The first-order valence-corrected chi connectivity index (χ1v) is 11.2. The van der Waals surface area contributed by atoms with Crippen molar-refractivity contribution in [1.82, 2.24) is 25.3 Å². The van der Waals surface area contributed by atoms with Gasteiger partial charge in [-0.3, -0.25) is 23.9 Å². The number of primary amides is 1. The summed E-state index contributed by atoms with van der Waals surface area (Å²) in [5, 5.41) is 10.2. The number of nitrogens with one attached hydrogen (secondary N) is 2. The van der Waals surface area contributed by atoms with E-state index in [1.807, 2.05) is 17.0 Å². The van der Waals surface area contributed by atoms with Gasteiger partial charge in [-0.05, 0) is 30.7 Å². The predicted molar refractivity (Wildman–Crippen MR) is 123 cm³/mol. The fraction of sp³-hybridized carbons (Fsp3) is 0.522. The molecule has 0 bridgehead atoms. The van der Waals surface area contributed by atoms with Crippen LogP contribution in [-0.4, -0.2) is 64.0 Å². The topological polar surface area (TPSA) is 139 Å². The van der Waals surface area contributed by atoms with Crippen LogP contribution in [-0.2, 0) is 20.9 Å². The molecule has 1 saturated heterocycles. The molecule has 2 heterocycles. The zero-order valence-electron chi connectivity index (χ0n) is 19.4. The number of rotatable bonds is 7. The number of carbonyl (C=O) groups excluding carboxylic acids is 4. The molecule has 0 unspecified atom stereocenters. The molecule has 1 atom stereocenters. The molecule has 0 saturated carbocycles. The summed E-state index contributed by atoms with van der Waals surface area (Å²) in [6, 6.07) is 6.26. The van der Waals surface area contributed by atoms with Gasteiger partial charge in [-0.1, -0.05) is 39.0 Å². The molecule has 33 heavy (non-hydrogen) atoms. The molecule has 3 rings (SSSR count). The summed E-state index contributed by atoms with van der Waals surface area (Å²) in [5.74, 6) is -1.76. The lowest BCUT2D eigenvalue weighted by atomic mass is 9.86. The van der Waals surface area contributed by atoms with E-state index in [2.05, 4.69) is 15.7 Å². The monoisotopic (exact) mass is 456 g/mol. The van der Waals surface area contributed by atoms with Crippen LogP contribution in [0.4, 0.5) is 0 Å². The van der Waals surface area contributed by atoms with Gasteiger partial charge in [0.25, 0.3) is 5.91 Å². The average molecular weight is 457 g/mol. The molecule has 2 aromatic rings. The number of para-hydroxylation sites is 1. The minimum atomic E-state index is -0.928. The molecular weight excluding hydrogens is 424 g/mol. The third kappa shape index (κ3) is 5.88. The number of amides is 4. The maximum atomic E-state index is 13.2. The van der Waals surface area contributed by atoms with Crippen molar-refractivity contribution in [1.29, 1.82) is 0 Å². The number of hydrogen-bond donors (Lipinski definition) is 3. The van der Waals surface area contributed by atoms with E-state index in [1.54, 1.807) is 37.6 Å². The van der Waals surface area contributed by atoms with E-state index in [-0.39, 0.29) is 24.7 Å². The molecule has 0 aliphatic carbocycles. The van der Waals surface area contributed by atoms with Gasteiger partial charge in [0.1, 0.15) is 12.6 Å². The molecule has 1 aromatic heterocycles. The number of benzene rings is 1. The zero-order valence-corrected chi connectivity index (χ0v) is 19.4. The van der Waals surface area contributed by atoms with Gasteiger partial charge in [0.2, 0.25) is 17.7 Å². The maximum absolute atomic E-state index is 13.2. The quantitative estimate of drug-likeness (QED) is 0.565. The summed E-state index contributed by atoms with van der Waals surface area (Å²) in [7, 11) is 0. The van der Waals surface area contributed by atoms with Crippen molar-refractivity contribution < 1.29 is 19.2 Å². The van der Waals surface area contributed by atoms with Crippen molar-refractivity contribution in [3.63, 3.8) is 0 Å².